The number of esters is 2. The number of rotatable bonds is 6. The van der Waals surface area contributed by atoms with Crippen LogP contribution in [0.1, 0.15) is 45.6 Å². The Balaban J connectivity index is 2.28. The minimum Gasteiger partial charge on any atom is -0.502 e. The van der Waals surface area contributed by atoms with Crippen molar-refractivity contribution in [1.29, 1.82) is 0 Å². The summed E-state index contributed by atoms with van der Waals surface area (Å²) in [5.41, 5.74) is 2.16. The number of ketones is 1. The molecule has 184 valence electrons. The highest BCUT2D eigenvalue weighted by atomic mass is 16.5. The van der Waals surface area contributed by atoms with Gasteiger partial charge in [0.05, 0.1) is 33.0 Å². The summed E-state index contributed by atoms with van der Waals surface area (Å²) in [4.78, 5) is 39.5. The second-order valence-electron chi connectivity index (χ2n) is 8.76. The molecule has 2 aliphatic rings. The van der Waals surface area contributed by atoms with Crippen molar-refractivity contribution in [2.24, 2.45) is 11.8 Å². The van der Waals surface area contributed by atoms with Crippen LogP contribution < -0.4 is 14.8 Å². The third-order valence-electron chi connectivity index (χ3n) is 6.14. The van der Waals surface area contributed by atoms with E-state index >= 15 is 0 Å². The monoisotopic (exact) mass is 473 g/mol. The van der Waals surface area contributed by atoms with Crippen LogP contribution in [0.25, 0.3) is 0 Å². The number of Topliss-reactive ketones (excluding diaryl/α,β-unsaturated/α-hetero) is 1. The lowest BCUT2D eigenvalue weighted by molar-refractivity contribution is -0.151. The Bertz CT molecular complexity index is 1060. The molecule has 9 heteroatoms. The molecule has 0 bridgehead atoms. The quantitative estimate of drug-likeness (QED) is 0.474. The van der Waals surface area contributed by atoms with Crippen molar-refractivity contribution >= 4 is 17.7 Å². The fraction of sp³-hybridized carbons (Fsp3) is 0.480. The Labute approximate surface area is 198 Å². The second-order valence-corrected chi connectivity index (χ2v) is 8.76. The number of allylic oxidation sites excluding steroid dienone is 3. The first-order valence-electron chi connectivity index (χ1n) is 11.0. The first-order valence-corrected chi connectivity index (χ1v) is 11.0. The maximum Gasteiger partial charge on any atom is 0.337 e. The van der Waals surface area contributed by atoms with Crippen molar-refractivity contribution in [2.75, 3.05) is 21.3 Å². The highest BCUT2D eigenvalue weighted by Crippen LogP contribution is 2.48. The van der Waals surface area contributed by atoms with Crippen LogP contribution in [-0.4, -0.2) is 50.3 Å². The van der Waals surface area contributed by atoms with Gasteiger partial charge in [-0.25, -0.2) is 4.79 Å². The van der Waals surface area contributed by atoms with Gasteiger partial charge in [-0.3, -0.25) is 9.59 Å². The van der Waals surface area contributed by atoms with Crippen molar-refractivity contribution in [3.8, 4) is 17.2 Å². The van der Waals surface area contributed by atoms with Crippen LogP contribution in [-0.2, 0) is 23.9 Å². The van der Waals surface area contributed by atoms with E-state index in [-0.39, 0.29) is 34.3 Å². The van der Waals surface area contributed by atoms with Crippen molar-refractivity contribution in [2.45, 2.75) is 46.1 Å². The lowest BCUT2D eigenvalue weighted by atomic mass is 9.69. The second kappa shape index (κ2) is 9.79. The number of phenols is 1. The molecule has 0 amide bonds. The molecule has 1 aromatic rings. The number of nitrogens with one attached hydrogen (secondary N) is 1. The van der Waals surface area contributed by atoms with Gasteiger partial charge in [0.2, 0.25) is 5.75 Å². The summed E-state index contributed by atoms with van der Waals surface area (Å²) in [6, 6.07) is 3.10. The van der Waals surface area contributed by atoms with E-state index in [4.69, 9.17) is 18.9 Å². The molecule has 2 N–H and O–H groups in total. The highest BCUT2D eigenvalue weighted by molar-refractivity contribution is 6.12. The first-order chi connectivity index (χ1) is 16.0. The summed E-state index contributed by atoms with van der Waals surface area (Å²) >= 11 is 0. The number of dihydropyridines is 1. The fourth-order valence-electron chi connectivity index (χ4n) is 4.64. The van der Waals surface area contributed by atoms with Gasteiger partial charge in [0, 0.05) is 22.9 Å². The third kappa shape index (κ3) is 4.34. The van der Waals surface area contributed by atoms with E-state index in [1.54, 1.807) is 32.9 Å². The van der Waals surface area contributed by atoms with Gasteiger partial charge in [-0.05, 0) is 50.8 Å². The average molecular weight is 474 g/mol. The van der Waals surface area contributed by atoms with Crippen LogP contribution in [0.4, 0.5) is 0 Å². The number of carbonyl (C=O) groups excluding carboxylic acids is 3. The number of methoxy groups -OCH3 is 3. The molecular formula is C25H31NO8. The maximum atomic E-state index is 13.7. The zero-order chi connectivity index (χ0) is 25.3. The SMILES string of the molecule is COC(=O)[C@H]1C(=O)C2=C(C[C@H]1C)NC(C)=C(C(=O)OC(C)C)[C@H]2c1cc(OC)c(O)c(OC)c1. The van der Waals surface area contributed by atoms with Crippen LogP contribution in [0, 0.1) is 11.8 Å². The van der Waals surface area contributed by atoms with Crippen LogP contribution in [0.15, 0.2) is 34.7 Å². The molecule has 34 heavy (non-hydrogen) atoms. The lowest BCUT2D eigenvalue weighted by Crippen LogP contribution is -2.43. The number of ether oxygens (including phenoxy) is 4. The Hall–Kier alpha value is -3.49. The Morgan fingerprint density at radius 2 is 1.71 bits per heavy atom. The molecular weight excluding hydrogens is 442 g/mol. The van der Waals surface area contributed by atoms with E-state index in [1.807, 2.05) is 6.92 Å². The van der Waals surface area contributed by atoms with E-state index in [0.29, 0.717) is 23.4 Å². The van der Waals surface area contributed by atoms with Crippen LogP contribution in [0.2, 0.25) is 0 Å². The molecule has 1 aromatic carbocycles. The standard InChI is InChI=1S/C25H31NO8/c1-11(2)34-25(30)19-13(4)26-15-8-12(3)18(24(29)33-7)23(28)21(15)20(19)14-9-16(31-5)22(27)17(10-14)32-6/h9-12,18,20,26-27H,8H2,1-7H3/t12-,18-,20-/m1/s1. The zero-order valence-electron chi connectivity index (χ0n) is 20.5. The van der Waals surface area contributed by atoms with Gasteiger partial charge >= 0.3 is 11.9 Å². The van der Waals surface area contributed by atoms with E-state index in [2.05, 4.69) is 5.32 Å². The van der Waals surface area contributed by atoms with Crippen LogP contribution in [0.5, 0.6) is 17.2 Å². The topological polar surface area (TPSA) is 120 Å². The van der Waals surface area contributed by atoms with Crippen LogP contribution in [0.3, 0.4) is 0 Å². The third-order valence-corrected chi connectivity index (χ3v) is 6.14. The van der Waals surface area contributed by atoms with Crippen molar-refractivity contribution in [3.05, 3.63) is 40.2 Å². The molecule has 9 nitrogen and oxygen atoms in total. The number of benzene rings is 1. The summed E-state index contributed by atoms with van der Waals surface area (Å²) < 4.78 is 21.0. The summed E-state index contributed by atoms with van der Waals surface area (Å²) in [5.74, 6) is -3.80. The van der Waals surface area contributed by atoms with Crippen molar-refractivity contribution in [3.63, 3.8) is 0 Å². The smallest absolute Gasteiger partial charge is 0.337 e. The predicted octanol–water partition coefficient (Wildman–Crippen LogP) is 2.97. The average Bonchev–Trinajstić information content (AvgIpc) is 2.77. The molecule has 3 atom stereocenters. The summed E-state index contributed by atoms with van der Waals surface area (Å²) in [6.07, 6.45) is 0.0192. The number of phenolic OH excluding ortho intramolecular Hbond substituents is 1. The van der Waals surface area contributed by atoms with Crippen LogP contribution >= 0.6 is 0 Å². The van der Waals surface area contributed by atoms with Gasteiger partial charge in [-0.2, -0.15) is 0 Å². The number of hydrogen-bond acceptors (Lipinski definition) is 9. The number of aromatic hydroxyl groups is 1. The molecule has 3 rings (SSSR count). The summed E-state index contributed by atoms with van der Waals surface area (Å²) in [7, 11) is 4.02. The molecule has 0 radical (unpaired) electrons. The van der Waals surface area contributed by atoms with Gasteiger partial charge in [-0.15, -0.1) is 0 Å². The van der Waals surface area contributed by atoms with Crippen molar-refractivity contribution < 1.29 is 38.4 Å². The van der Waals surface area contributed by atoms with Crippen molar-refractivity contribution in [1.82, 2.24) is 5.32 Å². The molecule has 0 saturated heterocycles. The van der Waals surface area contributed by atoms with E-state index in [9.17, 15) is 19.5 Å². The zero-order valence-corrected chi connectivity index (χ0v) is 20.5. The largest absolute Gasteiger partial charge is 0.502 e. The molecule has 0 unspecified atom stereocenters. The van der Waals surface area contributed by atoms with E-state index < -0.39 is 35.7 Å². The predicted molar refractivity (Wildman–Crippen MR) is 122 cm³/mol. The minimum absolute atomic E-state index is 0.116. The summed E-state index contributed by atoms with van der Waals surface area (Å²) in [6.45, 7) is 7.02. The maximum absolute atomic E-state index is 13.7. The molecule has 1 heterocycles. The molecule has 0 aromatic heterocycles. The highest BCUT2D eigenvalue weighted by Gasteiger charge is 2.47. The molecule has 0 saturated carbocycles. The van der Waals surface area contributed by atoms with E-state index in [0.717, 1.165) is 0 Å². The molecule has 0 spiro atoms. The summed E-state index contributed by atoms with van der Waals surface area (Å²) in [5, 5.41) is 13.6. The number of carbonyl (C=O) groups is 3. The Morgan fingerprint density at radius 3 is 2.21 bits per heavy atom. The van der Waals surface area contributed by atoms with Gasteiger partial charge in [0.25, 0.3) is 0 Å². The molecule has 1 aliphatic heterocycles. The van der Waals surface area contributed by atoms with Gasteiger partial charge in [-0.1, -0.05) is 6.92 Å². The van der Waals surface area contributed by atoms with E-state index in [1.165, 1.54) is 21.3 Å². The Kier molecular flexibility index (Phi) is 7.24. The van der Waals surface area contributed by atoms with Gasteiger partial charge < -0.3 is 29.4 Å². The minimum atomic E-state index is -1.00. The normalized spacial score (nSPS) is 22.2. The fourth-order valence-corrected chi connectivity index (χ4v) is 4.64. The first kappa shape index (κ1) is 25.1. The Morgan fingerprint density at radius 1 is 1.12 bits per heavy atom. The molecule has 1 aliphatic carbocycles. The number of hydrogen-bond donors (Lipinski definition) is 2. The van der Waals surface area contributed by atoms with Gasteiger partial charge in [0.15, 0.2) is 17.3 Å². The lowest BCUT2D eigenvalue weighted by Gasteiger charge is -2.38. The molecule has 0 fully saturated rings. The van der Waals surface area contributed by atoms with Gasteiger partial charge in [0.1, 0.15) is 5.92 Å².